The first-order valence-corrected chi connectivity index (χ1v) is 12.4. The van der Waals surface area contributed by atoms with Crippen LogP contribution in [0.5, 0.6) is 0 Å². The summed E-state index contributed by atoms with van der Waals surface area (Å²) in [5, 5.41) is 13.6. The highest BCUT2D eigenvalue weighted by molar-refractivity contribution is 7.14. The zero-order chi connectivity index (χ0) is 22.8. The van der Waals surface area contributed by atoms with Gasteiger partial charge in [-0.15, -0.1) is 11.3 Å². The Morgan fingerprint density at radius 1 is 1.13 bits per heavy atom. The van der Waals surface area contributed by atoms with Crippen molar-refractivity contribution in [2.24, 2.45) is 17.8 Å². The molecule has 1 aromatic rings. The number of nitrogens with zero attached hydrogens (tertiary/aromatic N) is 2. The summed E-state index contributed by atoms with van der Waals surface area (Å²) < 4.78 is 5.50. The molecule has 174 valence electrons. The number of thiophene rings is 1. The molecule has 7 heteroatoms. The van der Waals surface area contributed by atoms with Crippen LogP contribution in [0.2, 0.25) is 0 Å². The lowest BCUT2D eigenvalue weighted by molar-refractivity contribution is -0.126. The highest BCUT2D eigenvalue weighted by atomic mass is 32.1. The van der Waals surface area contributed by atoms with Crippen LogP contribution in [0, 0.1) is 17.8 Å². The van der Waals surface area contributed by atoms with Gasteiger partial charge in [0.05, 0.1) is 5.69 Å². The Labute approximate surface area is 190 Å². The predicted molar refractivity (Wildman–Crippen MR) is 125 cm³/mol. The fraction of sp³-hybridized carbons (Fsp3) is 0.750. The number of carbonyl (C=O) groups is 2. The summed E-state index contributed by atoms with van der Waals surface area (Å²) >= 11 is 1.29. The molecule has 6 nitrogen and oxygen atoms in total. The number of hydrazine groups is 1. The molecule has 1 saturated carbocycles. The average molecular weight is 451 g/mol. The van der Waals surface area contributed by atoms with Crippen molar-refractivity contribution in [2.45, 2.75) is 71.6 Å². The van der Waals surface area contributed by atoms with Crippen LogP contribution < -0.4 is 5.01 Å². The molecule has 0 bridgehead atoms. The third-order valence-electron chi connectivity index (χ3n) is 6.65. The zero-order valence-corrected chi connectivity index (χ0v) is 20.5. The molecule has 0 radical (unpaired) electrons. The SMILES string of the molecule is CC1CCC(C(=O)N(c2cc(C(C)(C)C)sc2C(=O)O)N(C)CC2CCOCC2)CC1. The van der Waals surface area contributed by atoms with E-state index in [9.17, 15) is 14.7 Å². The monoisotopic (exact) mass is 450 g/mol. The molecule has 0 unspecified atom stereocenters. The van der Waals surface area contributed by atoms with E-state index in [2.05, 4.69) is 27.7 Å². The minimum Gasteiger partial charge on any atom is -0.477 e. The quantitative estimate of drug-likeness (QED) is 0.605. The van der Waals surface area contributed by atoms with Crippen molar-refractivity contribution in [2.75, 3.05) is 31.8 Å². The molecule has 2 heterocycles. The summed E-state index contributed by atoms with van der Waals surface area (Å²) in [6, 6.07) is 1.93. The van der Waals surface area contributed by atoms with Crippen molar-refractivity contribution in [3.05, 3.63) is 15.8 Å². The summed E-state index contributed by atoms with van der Waals surface area (Å²) in [6.07, 6.45) is 5.79. The maximum absolute atomic E-state index is 13.8. The lowest BCUT2D eigenvalue weighted by Crippen LogP contribution is -2.50. The number of amides is 1. The van der Waals surface area contributed by atoms with Gasteiger partial charge in [0.15, 0.2) is 0 Å². The molecule has 0 spiro atoms. The van der Waals surface area contributed by atoms with E-state index in [1.165, 1.54) is 11.3 Å². The van der Waals surface area contributed by atoms with Gasteiger partial charge in [-0.1, -0.05) is 27.7 Å². The molecule has 0 aromatic carbocycles. The maximum Gasteiger partial charge on any atom is 0.348 e. The second-order valence-corrected chi connectivity index (χ2v) is 11.4. The van der Waals surface area contributed by atoms with E-state index in [0.717, 1.165) is 63.2 Å². The van der Waals surface area contributed by atoms with Gasteiger partial charge >= 0.3 is 5.97 Å². The van der Waals surface area contributed by atoms with E-state index in [4.69, 9.17) is 4.74 Å². The van der Waals surface area contributed by atoms with Crippen LogP contribution in [0.1, 0.15) is 80.8 Å². The first-order valence-electron chi connectivity index (χ1n) is 11.6. The summed E-state index contributed by atoms with van der Waals surface area (Å²) in [6.45, 7) is 10.7. The number of rotatable bonds is 6. The molecule has 1 aromatic heterocycles. The summed E-state index contributed by atoms with van der Waals surface area (Å²) in [5.41, 5.74) is 0.349. The Kier molecular flexibility index (Phi) is 7.81. The maximum atomic E-state index is 13.8. The first-order chi connectivity index (χ1) is 14.6. The fourth-order valence-corrected chi connectivity index (χ4v) is 5.63. The van der Waals surface area contributed by atoms with E-state index in [-0.39, 0.29) is 22.1 Å². The first kappa shape index (κ1) is 24.2. The van der Waals surface area contributed by atoms with Crippen molar-refractivity contribution >= 4 is 28.9 Å². The van der Waals surface area contributed by atoms with E-state index in [0.29, 0.717) is 17.5 Å². The van der Waals surface area contributed by atoms with E-state index >= 15 is 0 Å². The highest BCUT2D eigenvalue weighted by Gasteiger charge is 2.36. The average Bonchev–Trinajstić information content (AvgIpc) is 3.15. The molecule has 1 amide bonds. The van der Waals surface area contributed by atoms with Gasteiger partial charge in [0.2, 0.25) is 5.91 Å². The number of ether oxygens (including phenoxy) is 1. The fourth-order valence-electron chi connectivity index (χ4n) is 4.60. The van der Waals surface area contributed by atoms with Crippen molar-refractivity contribution < 1.29 is 19.4 Å². The number of anilines is 1. The zero-order valence-electron chi connectivity index (χ0n) is 19.6. The van der Waals surface area contributed by atoms with E-state index in [1.54, 1.807) is 5.01 Å². The number of carboxylic acid groups (broad SMARTS) is 1. The van der Waals surface area contributed by atoms with Crippen molar-refractivity contribution in [3.8, 4) is 0 Å². The summed E-state index contributed by atoms with van der Waals surface area (Å²) in [5.74, 6) is 0.121. The highest BCUT2D eigenvalue weighted by Crippen LogP contribution is 2.40. The molecular formula is C24H38N2O4S. The normalized spacial score (nSPS) is 23.2. The van der Waals surface area contributed by atoms with Crippen molar-refractivity contribution in [1.82, 2.24) is 5.01 Å². The Hall–Kier alpha value is -1.44. The van der Waals surface area contributed by atoms with Crippen LogP contribution in [-0.4, -0.2) is 48.8 Å². The van der Waals surface area contributed by atoms with Crippen LogP contribution in [-0.2, 0) is 14.9 Å². The number of carboxylic acids is 1. The Balaban J connectivity index is 1.95. The standard InChI is InChI=1S/C24H38N2O4S/c1-16-6-8-18(9-7-16)22(27)26(25(5)15-17-10-12-30-13-11-17)19-14-20(24(2,3)4)31-21(19)23(28)29/h14,16-18H,6-13,15H2,1-5H3,(H,28,29). The van der Waals surface area contributed by atoms with Crippen LogP contribution in [0.25, 0.3) is 0 Å². The minimum absolute atomic E-state index is 0.0437. The molecular weight excluding hydrogens is 412 g/mol. The van der Waals surface area contributed by atoms with Crippen LogP contribution >= 0.6 is 11.3 Å². The van der Waals surface area contributed by atoms with Gasteiger partial charge < -0.3 is 9.84 Å². The van der Waals surface area contributed by atoms with Gasteiger partial charge in [-0.2, -0.15) is 0 Å². The van der Waals surface area contributed by atoms with Crippen LogP contribution in [0.4, 0.5) is 5.69 Å². The predicted octanol–water partition coefficient (Wildman–Crippen LogP) is 5.18. The minimum atomic E-state index is -0.968. The summed E-state index contributed by atoms with van der Waals surface area (Å²) in [4.78, 5) is 27.2. The van der Waals surface area contributed by atoms with Crippen molar-refractivity contribution in [1.29, 1.82) is 0 Å². The smallest absolute Gasteiger partial charge is 0.348 e. The second-order valence-electron chi connectivity index (χ2n) is 10.4. The third kappa shape index (κ3) is 5.88. The molecule has 0 atom stereocenters. The lowest BCUT2D eigenvalue weighted by Gasteiger charge is -2.38. The van der Waals surface area contributed by atoms with Gasteiger partial charge in [-0.05, 0) is 61.8 Å². The van der Waals surface area contributed by atoms with E-state index in [1.807, 2.05) is 18.1 Å². The van der Waals surface area contributed by atoms with Gasteiger partial charge in [0, 0.05) is 37.6 Å². The number of carbonyl (C=O) groups excluding carboxylic acids is 1. The molecule has 1 aliphatic carbocycles. The molecule has 1 N–H and O–H groups in total. The summed E-state index contributed by atoms with van der Waals surface area (Å²) in [7, 11) is 1.93. The molecule has 1 aliphatic heterocycles. The van der Waals surface area contributed by atoms with Gasteiger partial charge in [0.25, 0.3) is 0 Å². The Bertz CT molecular complexity index is 771. The topological polar surface area (TPSA) is 70.1 Å². The van der Waals surface area contributed by atoms with Crippen LogP contribution in [0.3, 0.4) is 0 Å². The molecule has 31 heavy (non-hydrogen) atoms. The number of aromatic carboxylic acids is 1. The van der Waals surface area contributed by atoms with E-state index < -0.39 is 5.97 Å². The second kappa shape index (κ2) is 10.0. The Morgan fingerprint density at radius 2 is 1.74 bits per heavy atom. The number of hydrogen-bond acceptors (Lipinski definition) is 5. The largest absolute Gasteiger partial charge is 0.477 e. The molecule has 2 aliphatic rings. The van der Waals surface area contributed by atoms with Gasteiger partial charge in [-0.3, -0.25) is 4.79 Å². The molecule has 2 fully saturated rings. The van der Waals surface area contributed by atoms with Crippen molar-refractivity contribution in [3.63, 3.8) is 0 Å². The lowest BCUT2D eigenvalue weighted by atomic mass is 9.82. The van der Waals surface area contributed by atoms with Crippen LogP contribution in [0.15, 0.2) is 6.07 Å². The number of hydrogen-bond donors (Lipinski definition) is 1. The molecule has 3 rings (SSSR count). The van der Waals surface area contributed by atoms with Gasteiger partial charge in [-0.25, -0.2) is 14.8 Å². The van der Waals surface area contributed by atoms with Gasteiger partial charge in [0.1, 0.15) is 4.88 Å². The Morgan fingerprint density at radius 3 is 2.29 bits per heavy atom. The molecule has 1 saturated heterocycles. The third-order valence-corrected chi connectivity index (χ3v) is 8.19.